The number of carbonyl (C=O) groups is 2. The van der Waals surface area contributed by atoms with Crippen molar-refractivity contribution >= 4 is 11.8 Å². The first-order valence-corrected chi connectivity index (χ1v) is 13.2. The van der Waals surface area contributed by atoms with Gasteiger partial charge in [-0.25, -0.2) is 0 Å². The van der Waals surface area contributed by atoms with Crippen molar-refractivity contribution in [1.82, 2.24) is 15.1 Å². The summed E-state index contributed by atoms with van der Waals surface area (Å²) < 4.78 is 5.50. The molecule has 5 rings (SSSR count). The van der Waals surface area contributed by atoms with E-state index in [-0.39, 0.29) is 29.9 Å². The number of hydrogen-bond donors (Lipinski definition) is 1. The molecule has 2 saturated heterocycles. The minimum Gasteiger partial charge on any atom is -0.496 e. The predicted molar refractivity (Wildman–Crippen MR) is 136 cm³/mol. The van der Waals surface area contributed by atoms with E-state index >= 15 is 0 Å². The normalized spacial score (nSPS) is 25.2. The standard InChI is InChI=1S/C29H37N3O3/c1-35-27-14-8-6-12-23(27)20-31-17-15-24(16-18-31)30-28(33)26-19-22-11-5-7-13-25(22)32(26)29(34)21-9-3-2-4-10-21/h2-4,6,8-10,12,14,22,24-26H,5,7,11,13,15-20H2,1H3,(H,30,33). The van der Waals surface area contributed by atoms with Gasteiger partial charge in [-0.1, -0.05) is 49.2 Å². The quantitative estimate of drug-likeness (QED) is 0.679. The molecule has 2 heterocycles. The number of carbonyl (C=O) groups excluding carboxylic acids is 2. The van der Waals surface area contributed by atoms with Crippen LogP contribution in [0.25, 0.3) is 0 Å². The second kappa shape index (κ2) is 10.8. The number of nitrogens with one attached hydrogen (secondary N) is 1. The molecule has 1 saturated carbocycles. The van der Waals surface area contributed by atoms with Gasteiger partial charge in [0.15, 0.2) is 0 Å². The third kappa shape index (κ3) is 5.22. The van der Waals surface area contributed by atoms with Crippen LogP contribution in [0.15, 0.2) is 54.6 Å². The van der Waals surface area contributed by atoms with Crippen LogP contribution in [0, 0.1) is 5.92 Å². The maximum Gasteiger partial charge on any atom is 0.254 e. The topological polar surface area (TPSA) is 61.9 Å². The SMILES string of the molecule is COc1ccccc1CN1CCC(NC(=O)C2CC3CCCCC3N2C(=O)c2ccccc2)CC1. The largest absolute Gasteiger partial charge is 0.496 e. The lowest BCUT2D eigenvalue weighted by Gasteiger charge is -2.35. The third-order valence-corrected chi connectivity index (χ3v) is 8.17. The minimum atomic E-state index is -0.359. The number of methoxy groups -OCH3 is 1. The molecule has 3 fully saturated rings. The first-order chi connectivity index (χ1) is 17.1. The van der Waals surface area contributed by atoms with E-state index in [0.29, 0.717) is 11.5 Å². The second-order valence-electron chi connectivity index (χ2n) is 10.3. The number of amides is 2. The molecule has 2 aliphatic heterocycles. The summed E-state index contributed by atoms with van der Waals surface area (Å²) in [7, 11) is 1.71. The number of ether oxygens (including phenoxy) is 1. The molecular weight excluding hydrogens is 438 g/mol. The molecule has 35 heavy (non-hydrogen) atoms. The van der Waals surface area contributed by atoms with Crippen LogP contribution in [0.1, 0.15) is 60.9 Å². The molecule has 6 nitrogen and oxygen atoms in total. The molecule has 3 unspecified atom stereocenters. The van der Waals surface area contributed by atoms with Gasteiger partial charge in [0.1, 0.15) is 11.8 Å². The molecule has 2 aromatic rings. The Morgan fingerprint density at radius 3 is 2.43 bits per heavy atom. The summed E-state index contributed by atoms with van der Waals surface area (Å²) in [5, 5.41) is 3.33. The minimum absolute atomic E-state index is 0.00628. The van der Waals surface area contributed by atoms with Gasteiger partial charge >= 0.3 is 0 Å². The average molecular weight is 476 g/mol. The van der Waals surface area contributed by atoms with Crippen molar-refractivity contribution < 1.29 is 14.3 Å². The first-order valence-electron chi connectivity index (χ1n) is 13.2. The van der Waals surface area contributed by atoms with Gasteiger partial charge in [-0.05, 0) is 56.2 Å². The smallest absolute Gasteiger partial charge is 0.254 e. The van der Waals surface area contributed by atoms with Gasteiger partial charge in [0.25, 0.3) is 5.91 Å². The van der Waals surface area contributed by atoms with Crippen LogP contribution in [-0.4, -0.2) is 59.9 Å². The van der Waals surface area contributed by atoms with Crippen molar-refractivity contribution in [2.24, 2.45) is 5.92 Å². The third-order valence-electron chi connectivity index (χ3n) is 8.17. The lowest BCUT2D eigenvalue weighted by molar-refractivity contribution is -0.126. The molecule has 0 radical (unpaired) electrons. The Morgan fingerprint density at radius 2 is 1.66 bits per heavy atom. The summed E-state index contributed by atoms with van der Waals surface area (Å²) in [5.41, 5.74) is 1.88. The summed E-state index contributed by atoms with van der Waals surface area (Å²) in [4.78, 5) is 31.4. The fourth-order valence-electron chi connectivity index (χ4n) is 6.32. The van der Waals surface area contributed by atoms with Crippen LogP contribution in [-0.2, 0) is 11.3 Å². The fraction of sp³-hybridized carbons (Fsp3) is 0.517. The van der Waals surface area contributed by atoms with Crippen molar-refractivity contribution in [1.29, 1.82) is 0 Å². The molecule has 1 aliphatic carbocycles. The Balaban J connectivity index is 1.21. The number of hydrogen-bond acceptors (Lipinski definition) is 4. The van der Waals surface area contributed by atoms with Crippen molar-refractivity contribution in [2.45, 2.75) is 69.6 Å². The Bertz CT molecular complexity index is 1020. The van der Waals surface area contributed by atoms with E-state index in [2.05, 4.69) is 16.3 Å². The average Bonchev–Trinajstić information content (AvgIpc) is 3.30. The molecule has 0 spiro atoms. The molecule has 0 aromatic heterocycles. The zero-order chi connectivity index (χ0) is 24.2. The fourth-order valence-corrected chi connectivity index (χ4v) is 6.32. The van der Waals surface area contributed by atoms with Crippen LogP contribution in [0.2, 0.25) is 0 Å². The Kier molecular flexibility index (Phi) is 7.37. The van der Waals surface area contributed by atoms with Gasteiger partial charge < -0.3 is 15.0 Å². The van der Waals surface area contributed by atoms with E-state index in [0.717, 1.165) is 63.9 Å². The monoisotopic (exact) mass is 475 g/mol. The number of rotatable bonds is 6. The Hall–Kier alpha value is -2.86. The highest BCUT2D eigenvalue weighted by molar-refractivity contribution is 5.98. The van der Waals surface area contributed by atoms with E-state index in [1.54, 1.807) is 7.11 Å². The maximum absolute atomic E-state index is 13.5. The van der Waals surface area contributed by atoms with E-state index in [9.17, 15) is 9.59 Å². The number of benzene rings is 2. The highest BCUT2D eigenvalue weighted by Crippen LogP contribution is 2.40. The van der Waals surface area contributed by atoms with Gasteiger partial charge in [-0.15, -0.1) is 0 Å². The maximum atomic E-state index is 13.5. The molecule has 1 N–H and O–H groups in total. The molecule has 3 aliphatic rings. The lowest BCUT2D eigenvalue weighted by atomic mass is 9.84. The number of likely N-dealkylation sites (tertiary alicyclic amines) is 2. The first kappa shape index (κ1) is 23.9. The predicted octanol–water partition coefficient (Wildman–Crippen LogP) is 4.25. The van der Waals surface area contributed by atoms with Crippen LogP contribution >= 0.6 is 0 Å². The lowest BCUT2D eigenvalue weighted by Crippen LogP contribution is -2.53. The highest BCUT2D eigenvalue weighted by atomic mass is 16.5. The number of piperidine rings is 1. The molecule has 2 aromatic carbocycles. The van der Waals surface area contributed by atoms with Gasteiger partial charge in [0.2, 0.25) is 5.91 Å². The van der Waals surface area contributed by atoms with Crippen LogP contribution in [0.4, 0.5) is 0 Å². The molecule has 6 heteroatoms. The Labute approximate surface area is 208 Å². The van der Waals surface area contributed by atoms with Gasteiger partial charge in [-0.3, -0.25) is 14.5 Å². The van der Waals surface area contributed by atoms with Crippen molar-refractivity contribution in [3.05, 3.63) is 65.7 Å². The van der Waals surface area contributed by atoms with Crippen LogP contribution in [0.5, 0.6) is 5.75 Å². The van der Waals surface area contributed by atoms with Crippen molar-refractivity contribution in [3.8, 4) is 5.75 Å². The van der Waals surface area contributed by atoms with Crippen LogP contribution in [0.3, 0.4) is 0 Å². The molecule has 186 valence electrons. The van der Waals surface area contributed by atoms with E-state index in [1.807, 2.05) is 53.4 Å². The zero-order valence-corrected chi connectivity index (χ0v) is 20.7. The summed E-state index contributed by atoms with van der Waals surface area (Å²) in [5.74, 6) is 1.40. The number of nitrogens with zero attached hydrogens (tertiary/aromatic N) is 2. The summed E-state index contributed by atoms with van der Waals surface area (Å²) >= 11 is 0. The molecule has 3 atom stereocenters. The second-order valence-corrected chi connectivity index (χ2v) is 10.3. The van der Waals surface area contributed by atoms with Crippen LogP contribution < -0.4 is 10.1 Å². The molecule has 2 amide bonds. The van der Waals surface area contributed by atoms with E-state index in [4.69, 9.17) is 4.74 Å². The Morgan fingerprint density at radius 1 is 0.943 bits per heavy atom. The zero-order valence-electron chi connectivity index (χ0n) is 20.7. The summed E-state index contributed by atoms with van der Waals surface area (Å²) in [6.45, 7) is 2.73. The van der Waals surface area contributed by atoms with E-state index < -0.39 is 0 Å². The van der Waals surface area contributed by atoms with Gasteiger partial charge in [0.05, 0.1) is 7.11 Å². The summed E-state index contributed by atoms with van der Waals surface area (Å²) in [6.07, 6.45) is 7.11. The van der Waals surface area contributed by atoms with Crippen molar-refractivity contribution in [3.63, 3.8) is 0 Å². The number of para-hydroxylation sites is 1. The van der Waals surface area contributed by atoms with Crippen molar-refractivity contribution in [2.75, 3.05) is 20.2 Å². The van der Waals surface area contributed by atoms with Gasteiger partial charge in [0, 0.05) is 42.8 Å². The molecular formula is C29H37N3O3. The van der Waals surface area contributed by atoms with Gasteiger partial charge in [-0.2, -0.15) is 0 Å². The highest BCUT2D eigenvalue weighted by Gasteiger charge is 2.47. The van der Waals surface area contributed by atoms with E-state index in [1.165, 1.54) is 12.0 Å². The summed E-state index contributed by atoms with van der Waals surface area (Å²) in [6, 6.07) is 17.6. The molecule has 0 bridgehead atoms. The number of fused-ring (bicyclic) bond motifs is 1.